The second kappa shape index (κ2) is 8.54. The Morgan fingerprint density at radius 1 is 0.938 bits per heavy atom. The van der Waals surface area contributed by atoms with Gasteiger partial charge in [0.25, 0.3) is 0 Å². The van der Waals surface area contributed by atoms with E-state index in [0.29, 0.717) is 22.5 Å². The first-order valence-corrected chi connectivity index (χ1v) is 9.38. The van der Waals surface area contributed by atoms with Gasteiger partial charge in [-0.3, -0.25) is 0 Å². The van der Waals surface area contributed by atoms with Crippen molar-refractivity contribution in [3.05, 3.63) is 101 Å². The van der Waals surface area contributed by atoms with Gasteiger partial charge in [-0.15, -0.1) is 0 Å². The fraction of sp³-hybridized carbons (Fsp3) is 0.0435. The monoisotopic (exact) mass is 441 g/mol. The number of rotatable bonds is 6. The summed E-state index contributed by atoms with van der Waals surface area (Å²) in [6.45, 7) is 0.0738. The number of carbonyl (C=O) groups is 1. The Labute approximate surface area is 179 Å². The van der Waals surface area contributed by atoms with Crippen molar-refractivity contribution in [1.82, 2.24) is 9.78 Å². The van der Waals surface area contributed by atoms with Crippen LogP contribution in [-0.4, -0.2) is 20.9 Å². The molecule has 0 saturated heterocycles. The van der Waals surface area contributed by atoms with Crippen LogP contribution in [-0.2, 0) is 6.54 Å². The minimum atomic E-state index is -1.56. The third-order valence-corrected chi connectivity index (χ3v) is 4.75. The molecule has 3 aromatic carbocycles. The number of halogens is 4. The van der Waals surface area contributed by atoms with Crippen molar-refractivity contribution in [1.29, 1.82) is 0 Å². The molecule has 4 rings (SSSR count). The van der Waals surface area contributed by atoms with Crippen LogP contribution in [0, 0.1) is 23.3 Å². The fourth-order valence-electron chi connectivity index (χ4n) is 3.13. The van der Waals surface area contributed by atoms with Crippen LogP contribution in [0.5, 0.6) is 0 Å². The van der Waals surface area contributed by atoms with Crippen LogP contribution in [0.3, 0.4) is 0 Å². The Balaban J connectivity index is 1.69. The second-order valence-electron chi connectivity index (χ2n) is 6.91. The zero-order valence-corrected chi connectivity index (χ0v) is 16.3. The quantitative estimate of drug-likeness (QED) is 0.310. The Morgan fingerprint density at radius 2 is 1.56 bits per heavy atom. The van der Waals surface area contributed by atoms with Gasteiger partial charge in [-0.2, -0.15) is 5.10 Å². The highest BCUT2D eigenvalue weighted by atomic mass is 19.2. The maximum atomic E-state index is 13.5. The number of carboxylic acid groups (broad SMARTS) is 1. The molecule has 32 heavy (non-hydrogen) atoms. The van der Waals surface area contributed by atoms with Gasteiger partial charge in [0.1, 0.15) is 5.82 Å². The molecule has 0 spiro atoms. The summed E-state index contributed by atoms with van der Waals surface area (Å²) in [4.78, 5) is 11.1. The predicted octanol–water partition coefficient (Wildman–Crippen LogP) is 5.41. The number of hydrogen-bond donors (Lipinski definition) is 2. The van der Waals surface area contributed by atoms with Gasteiger partial charge in [-0.25, -0.2) is 27.0 Å². The van der Waals surface area contributed by atoms with Gasteiger partial charge in [0.2, 0.25) is 0 Å². The minimum Gasteiger partial charge on any atom is -0.478 e. The summed E-state index contributed by atoms with van der Waals surface area (Å²) in [5.74, 6) is -5.68. The molecular weight excluding hydrogens is 426 g/mol. The SMILES string of the molecule is O=C(O)c1ccc(-n2cc(CNc3cc(F)c(F)c(F)c3)c(-c3ccc(F)cc3)n2)cc1. The normalized spacial score (nSPS) is 10.9. The van der Waals surface area contributed by atoms with Crippen LogP contribution in [0.15, 0.2) is 66.9 Å². The summed E-state index contributed by atoms with van der Waals surface area (Å²) < 4.78 is 55.1. The maximum absolute atomic E-state index is 13.5. The van der Waals surface area contributed by atoms with Crippen molar-refractivity contribution in [2.45, 2.75) is 6.54 Å². The molecule has 162 valence electrons. The van der Waals surface area contributed by atoms with Gasteiger partial charge in [0.15, 0.2) is 17.5 Å². The van der Waals surface area contributed by atoms with E-state index < -0.39 is 29.2 Å². The van der Waals surface area contributed by atoms with Crippen LogP contribution in [0.25, 0.3) is 16.9 Å². The van der Waals surface area contributed by atoms with Gasteiger partial charge in [-0.05, 0) is 48.5 Å². The van der Waals surface area contributed by atoms with Crippen molar-refractivity contribution in [2.24, 2.45) is 0 Å². The first kappa shape index (κ1) is 21.1. The van der Waals surface area contributed by atoms with Crippen molar-refractivity contribution in [2.75, 3.05) is 5.32 Å². The third kappa shape index (κ3) is 4.31. The average molecular weight is 441 g/mol. The lowest BCUT2D eigenvalue weighted by Crippen LogP contribution is -2.02. The van der Waals surface area contributed by atoms with Gasteiger partial charge in [0, 0.05) is 41.7 Å². The maximum Gasteiger partial charge on any atom is 0.335 e. The van der Waals surface area contributed by atoms with Gasteiger partial charge in [0.05, 0.1) is 16.9 Å². The number of aromatic nitrogens is 2. The molecule has 0 aliphatic heterocycles. The Morgan fingerprint density at radius 3 is 2.16 bits per heavy atom. The van der Waals surface area contributed by atoms with Crippen LogP contribution in [0.1, 0.15) is 15.9 Å². The summed E-state index contributed by atoms with van der Waals surface area (Å²) in [6.07, 6.45) is 1.65. The lowest BCUT2D eigenvalue weighted by atomic mass is 10.1. The van der Waals surface area contributed by atoms with Crippen molar-refractivity contribution < 1.29 is 27.5 Å². The molecule has 0 unspecified atom stereocenters. The molecule has 0 aliphatic rings. The topological polar surface area (TPSA) is 67.2 Å². The Bertz CT molecular complexity index is 1260. The van der Waals surface area contributed by atoms with Crippen LogP contribution in [0.2, 0.25) is 0 Å². The zero-order chi connectivity index (χ0) is 22.8. The second-order valence-corrected chi connectivity index (χ2v) is 6.91. The Hall–Kier alpha value is -4.14. The van der Waals surface area contributed by atoms with E-state index in [9.17, 15) is 22.4 Å². The van der Waals surface area contributed by atoms with Gasteiger partial charge < -0.3 is 10.4 Å². The number of benzene rings is 3. The number of carboxylic acids is 1. The van der Waals surface area contributed by atoms with Crippen molar-refractivity contribution in [3.8, 4) is 16.9 Å². The summed E-state index contributed by atoms with van der Waals surface area (Å²) >= 11 is 0. The van der Waals surface area contributed by atoms with E-state index in [0.717, 1.165) is 12.1 Å². The highest BCUT2D eigenvalue weighted by Crippen LogP contribution is 2.26. The largest absolute Gasteiger partial charge is 0.478 e. The molecule has 5 nitrogen and oxygen atoms in total. The lowest BCUT2D eigenvalue weighted by molar-refractivity contribution is 0.0697. The third-order valence-electron chi connectivity index (χ3n) is 4.75. The zero-order valence-electron chi connectivity index (χ0n) is 16.3. The molecule has 0 radical (unpaired) electrons. The molecule has 0 aliphatic carbocycles. The van der Waals surface area contributed by atoms with Gasteiger partial charge in [-0.1, -0.05) is 0 Å². The summed E-state index contributed by atoms with van der Waals surface area (Å²) in [7, 11) is 0. The Kier molecular flexibility index (Phi) is 5.63. The van der Waals surface area contributed by atoms with Gasteiger partial charge >= 0.3 is 5.97 Å². The summed E-state index contributed by atoms with van der Waals surface area (Å²) in [5.41, 5.74) is 2.39. The lowest BCUT2D eigenvalue weighted by Gasteiger charge is -2.08. The fourth-order valence-corrected chi connectivity index (χ4v) is 3.13. The molecule has 1 heterocycles. The molecule has 0 saturated carbocycles. The molecule has 1 aromatic heterocycles. The van der Waals surface area contributed by atoms with E-state index in [-0.39, 0.29) is 17.8 Å². The molecular formula is C23H15F4N3O2. The molecule has 4 aromatic rings. The molecule has 0 amide bonds. The van der Waals surface area contributed by atoms with Crippen LogP contribution >= 0.6 is 0 Å². The first-order valence-electron chi connectivity index (χ1n) is 9.38. The number of nitrogens with zero attached hydrogens (tertiary/aromatic N) is 2. The van der Waals surface area contributed by atoms with Crippen LogP contribution < -0.4 is 5.32 Å². The molecule has 0 bridgehead atoms. The predicted molar refractivity (Wildman–Crippen MR) is 110 cm³/mol. The number of nitrogens with one attached hydrogen (secondary N) is 1. The van der Waals surface area contributed by atoms with E-state index in [1.165, 1.54) is 41.1 Å². The highest BCUT2D eigenvalue weighted by Gasteiger charge is 2.15. The standard InChI is InChI=1S/C23H15F4N3O2/c24-16-5-1-13(2-6-16)22-15(11-28-17-9-19(25)21(27)20(26)10-17)12-30(29-22)18-7-3-14(4-8-18)23(31)32/h1-10,12,28H,11H2,(H,31,32). The summed E-state index contributed by atoms with van der Waals surface area (Å²) in [5, 5.41) is 16.4. The van der Waals surface area contributed by atoms with Crippen molar-refractivity contribution >= 4 is 11.7 Å². The van der Waals surface area contributed by atoms with E-state index in [1.54, 1.807) is 18.3 Å². The molecule has 9 heteroatoms. The van der Waals surface area contributed by atoms with Crippen LogP contribution in [0.4, 0.5) is 23.2 Å². The number of anilines is 1. The molecule has 0 atom stereocenters. The first-order chi connectivity index (χ1) is 15.3. The number of hydrogen-bond acceptors (Lipinski definition) is 3. The van der Waals surface area contributed by atoms with E-state index in [4.69, 9.17) is 5.11 Å². The van der Waals surface area contributed by atoms with E-state index in [1.807, 2.05) is 0 Å². The highest BCUT2D eigenvalue weighted by molar-refractivity contribution is 5.87. The molecule has 2 N–H and O–H groups in total. The van der Waals surface area contributed by atoms with Crippen molar-refractivity contribution in [3.63, 3.8) is 0 Å². The van der Waals surface area contributed by atoms with E-state index >= 15 is 0 Å². The molecule has 0 fully saturated rings. The number of aromatic carboxylic acids is 1. The smallest absolute Gasteiger partial charge is 0.335 e. The van der Waals surface area contributed by atoms with E-state index in [2.05, 4.69) is 10.4 Å². The summed E-state index contributed by atoms with van der Waals surface area (Å²) in [6, 6.07) is 13.3. The average Bonchev–Trinajstić information content (AvgIpc) is 3.20. The minimum absolute atomic E-state index is 0.0324.